The van der Waals surface area contributed by atoms with E-state index in [0.29, 0.717) is 28.4 Å². The molecule has 0 fully saturated rings. The summed E-state index contributed by atoms with van der Waals surface area (Å²) in [5, 5.41) is 7.70. The van der Waals surface area contributed by atoms with Gasteiger partial charge < -0.3 is 9.30 Å². The minimum atomic E-state index is -3.95. The minimum absolute atomic E-state index is 0.0866. The van der Waals surface area contributed by atoms with Gasteiger partial charge in [0.05, 0.1) is 16.3 Å². The van der Waals surface area contributed by atoms with Gasteiger partial charge in [-0.3, -0.25) is 0 Å². The van der Waals surface area contributed by atoms with E-state index >= 15 is 0 Å². The molecule has 1 aromatic carbocycles. The molecule has 0 N–H and O–H groups in total. The van der Waals surface area contributed by atoms with E-state index in [1.165, 1.54) is 38.6 Å². The third kappa shape index (κ3) is 6.29. The van der Waals surface area contributed by atoms with Crippen molar-refractivity contribution in [3.8, 4) is 11.5 Å². The summed E-state index contributed by atoms with van der Waals surface area (Å²) in [4.78, 5) is 12.7. The van der Waals surface area contributed by atoms with Gasteiger partial charge in [-0.15, -0.1) is 10.2 Å². The largest absolute Gasteiger partial charge is 0.372 e. The van der Waals surface area contributed by atoms with Gasteiger partial charge in [0, 0.05) is 31.3 Å². The Morgan fingerprint density at radius 2 is 1.74 bits per heavy atom. The smallest absolute Gasteiger partial charge is 0.183 e. The number of methoxy groups -OCH3 is 1. The highest BCUT2D eigenvalue weighted by molar-refractivity contribution is 7.91. The highest BCUT2D eigenvalue weighted by Crippen LogP contribution is 2.32. The molecule has 0 aliphatic carbocycles. The quantitative estimate of drug-likeness (QED) is 0.257. The van der Waals surface area contributed by atoms with E-state index in [-0.39, 0.29) is 17.5 Å². The van der Waals surface area contributed by atoms with Gasteiger partial charge >= 0.3 is 0 Å². The van der Waals surface area contributed by atoms with Crippen molar-refractivity contribution >= 4 is 21.4 Å². The SMILES string of the molecule is CC[C@@H](c1cc(F)cc(F)c1)n1c(CS(=O)(=O)[C@@H](C)[C@H](OC)c2ncc(Cl)cn2)nnc1-c1cccc(C)n1. The Kier molecular flexibility index (Phi) is 8.67. The number of hydrogen-bond donors (Lipinski definition) is 0. The lowest BCUT2D eigenvalue weighted by Gasteiger charge is -2.24. The Morgan fingerprint density at radius 3 is 2.33 bits per heavy atom. The molecule has 9 nitrogen and oxygen atoms in total. The molecule has 0 saturated carbocycles. The van der Waals surface area contributed by atoms with Crippen molar-refractivity contribution in [2.24, 2.45) is 0 Å². The third-order valence-corrected chi connectivity index (χ3v) is 8.56. The molecule has 0 radical (unpaired) electrons. The predicted molar refractivity (Wildman–Crippen MR) is 142 cm³/mol. The van der Waals surface area contributed by atoms with Gasteiger partial charge in [0.15, 0.2) is 21.5 Å². The van der Waals surface area contributed by atoms with Crippen LogP contribution in [0.3, 0.4) is 0 Å². The number of nitrogens with zero attached hydrogens (tertiary/aromatic N) is 6. The minimum Gasteiger partial charge on any atom is -0.372 e. The molecule has 4 aromatic rings. The van der Waals surface area contributed by atoms with E-state index < -0.39 is 44.6 Å². The Bertz CT molecular complexity index is 1550. The lowest BCUT2D eigenvalue weighted by molar-refractivity contribution is 0.0948. The second kappa shape index (κ2) is 11.8. The summed E-state index contributed by atoms with van der Waals surface area (Å²) in [7, 11) is -2.59. The van der Waals surface area contributed by atoms with Crippen LogP contribution in [-0.4, -0.2) is 50.5 Å². The van der Waals surface area contributed by atoms with Crippen molar-refractivity contribution in [1.29, 1.82) is 0 Å². The zero-order valence-electron chi connectivity index (χ0n) is 21.7. The van der Waals surface area contributed by atoms with E-state index in [4.69, 9.17) is 16.3 Å². The first-order valence-electron chi connectivity index (χ1n) is 12.1. The third-order valence-electron chi connectivity index (χ3n) is 6.32. The van der Waals surface area contributed by atoms with Crippen molar-refractivity contribution in [3.63, 3.8) is 0 Å². The fraction of sp³-hybridized carbons (Fsp3) is 0.346. The van der Waals surface area contributed by atoms with E-state index in [1.807, 2.05) is 6.92 Å². The number of ether oxygens (including phenoxy) is 1. The van der Waals surface area contributed by atoms with Crippen LogP contribution in [0.5, 0.6) is 0 Å². The molecule has 0 saturated heterocycles. The van der Waals surface area contributed by atoms with Crippen molar-refractivity contribution in [1.82, 2.24) is 29.7 Å². The molecule has 3 atom stereocenters. The van der Waals surface area contributed by atoms with Crippen molar-refractivity contribution in [3.05, 3.63) is 88.4 Å². The van der Waals surface area contributed by atoms with E-state index in [1.54, 1.807) is 29.7 Å². The van der Waals surface area contributed by atoms with Crippen LogP contribution in [0.4, 0.5) is 8.78 Å². The number of halogens is 3. The fourth-order valence-corrected chi connectivity index (χ4v) is 5.93. The molecule has 0 aliphatic heterocycles. The maximum Gasteiger partial charge on any atom is 0.183 e. The monoisotopic (exact) mass is 576 g/mol. The Labute approximate surface area is 230 Å². The fourth-order valence-electron chi connectivity index (χ4n) is 4.40. The number of benzene rings is 1. The molecule has 13 heteroatoms. The Hall–Kier alpha value is -3.35. The van der Waals surface area contributed by atoms with Gasteiger partial charge in [-0.2, -0.15) is 0 Å². The molecule has 0 spiro atoms. The summed E-state index contributed by atoms with van der Waals surface area (Å²) in [5.74, 6) is -1.51. The average Bonchev–Trinajstić information content (AvgIpc) is 3.28. The lowest BCUT2D eigenvalue weighted by Crippen LogP contribution is -2.30. The van der Waals surface area contributed by atoms with Crippen LogP contribution in [0.15, 0.2) is 48.8 Å². The normalized spacial score (nSPS) is 14.2. The zero-order chi connectivity index (χ0) is 28.3. The van der Waals surface area contributed by atoms with Crippen LogP contribution < -0.4 is 0 Å². The van der Waals surface area contributed by atoms with Crippen LogP contribution in [-0.2, 0) is 20.3 Å². The zero-order valence-corrected chi connectivity index (χ0v) is 23.3. The summed E-state index contributed by atoms with van der Waals surface area (Å²) < 4.78 is 62.8. The second-order valence-electron chi connectivity index (χ2n) is 9.03. The van der Waals surface area contributed by atoms with Crippen LogP contribution in [0, 0.1) is 18.6 Å². The number of hydrogen-bond acceptors (Lipinski definition) is 8. The Morgan fingerprint density at radius 1 is 1.08 bits per heavy atom. The van der Waals surface area contributed by atoms with Gasteiger partial charge in [-0.05, 0) is 50.1 Å². The average molecular weight is 577 g/mol. The van der Waals surface area contributed by atoms with Crippen LogP contribution in [0.2, 0.25) is 5.02 Å². The molecule has 0 aliphatic rings. The molecule has 0 bridgehead atoms. The summed E-state index contributed by atoms with van der Waals surface area (Å²) in [6.45, 7) is 5.12. The van der Waals surface area contributed by atoms with E-state index in [2.05, 4.69) is 25.1 Å². The van der Waals surface area contributed by atoms with Crippen molar-refractivity contribution < 1.29 is 21.9 Å². The predicted octanol–water partition coefficient (Wildman–Crippen LogP) is 5.06. The number of rotatable bonds is 10. The van der Waals surface area contributed by atoms with Gasteiger partial charge in [0.25, 0.3) is 0 Å². The number of aromatic nitrogens is 6. The van der Waals surface area contributed by atoms with E-state index in [9.17, 15) is 17.2 Å². The maximum atomic E-state index is 14.2. The summed E-state index contributed by atoms with van der Waals surface area (Å²) >= 11 is 5.88. The molecule has 3 heterocycles. The summed E-state index contributed by atoms with van der Waals surface area (Å²) in [5.41, 5.74) is 1.46. The first-order valence-corrected chi connectivity index (χ1v) is 14.2. The summed E-state index contributed by atoms with van der Waals surface area (Å²) in [6.07, 6.45) is 2.09. The molecular formula is C26H27ClF2N6O3S. The number of pyridine rings is 1. The van der Waals surface area contributed by atoms with Crippen LogP contribution >= 0.6 is 11.6 Å². The molecule has 39 heavy (non-hydrogen) atoms. The lowest BCUT2D eigenvalue weighted by atomic mass is 10.0. The molecular weight excluding hydrogens is 550 g/mol. The molecule has 3 aromatic heterocycles. The molecule has 206 valence electrons. The highest BCUT2D eigenvalue weighted by atomic mass is 35.5. The van der Waals surface area contributed by atoms with Gasteiger partial charge in [0.2, 0.25) is 0 Å². The topological polar surface area (TPSA) is 113 Å². The molecule has 0 unspecified atom stereocenters. The van der Waals surface area contributed by atoms with E-state index in [0.717, 1.165) is 6.07 Å². The summed E-state index contributed by atoms with van der Waals surface area (Å²) in [6, 6.07) is 7.83. The van der Waals surface area contributed by atoms with Crippen molar-refractivity contribution in [2.45, 2.75) is 50.3 Å². The standard InChI is InChI=1S/C26H27ClF2N6O3S/c1-5-22(17-9-19(28)11-20(29)10-17)35-23(33-34-26(35)21-8-6-7-15(2)32-21)14-39(36,37)16(3)24(38-4)25-30-12-18(27)13-31-25/h6-13,16,22,24H,5,14H2,1-4H3/t16-,22-,24-/m0/s1. The molecule has 4 rings (SSSR count). The van der Waals surface area contributed by atoms with Gasteiger partial charge in [-0.25, -0.2) is 32.2 Å². The van der Waals surface area contributed by atoms with Gasteiger partial charge in [0.1, 0.15) is 35.0 Å². The first kappa shape index (κ1) is 28.7. The number of sulfone groups is 1. The van der Waals surface area contributed by atoms with Crippen LogP contribution in [0.1, 0.15) is 55.3 Å². The highest BCUT2D eigenvalue weighted by Gasteiger charge is 2.35. The van der Waals surface area contributed by atoms with Gasteiger partial charge in [-0.1, -0.05) is 24.6 Å². The van der Waals surface area contributed by atoms with Crippen molar-refractivity contribution in [2.75, 3.05) is 7.11 Å². The second-order valence-corrected chi connectivity index (χ2v) is 11.8. The maximum absolute atomic E-state index is 14.2. The number of aryl methyl sites for hydroxylation is 1. The first-order chi connectivity index (χ1) is 18.5. The van der Waals surface area contributed by atoms with Crippen LogP contribution in [0.25, 0.3) is 11.5 Å². The Balaban J connectivity index is 1.80. The molecule has 0 amide bonds.